The lowest BCUT2D eigenvalue weighted by Gasteiger charge is -2.23. The number of benzene rings is 1. The van der Waals surface area contributed by atoms with E-state index in [4.69, 9.17) is 0 Å². The van der Waals surface area contributed by atoms with Gasteiger partial charge in [0.05, 0.1) is 5.69 Å². The van der Waals surface area contributed by atoms with Crippen molar-refractivity contribution in [3.05, 3.63) is 23.8 Å². The number of amidine groups is 2. The molecule has 0 saturated carbocycles. The van der Waals surface area contributed by atoms with E-state index >= 15 is 0 Å². The van der Waals surface area contributed by atoms with Crippen LogP contribution in [0.5, 0.6) is 5.75 Å². The van der Waals surface area contributed by atoms with E-state index in [2.05, 4.69) is 33.5 Å². The quantitative estimate of drug-likeness (QED) is 0.515. The molecule has 0 aliphatic carbocycles. The fraction of sp³-hybridized carbons (Fsp3) is 0.529. The molecule has 1 aromatic rings. The molecule has 0 amide bonds. The first-order valence-electron chi connectivity index (χ1n) is 8.22. The van der Waals surface area contributed by atoms with Crippen LogP contribution in [0.2, 0.25) is 0 Å². The van der Waals surface area contributed by atoms with E-state index in [1.165, 1.54) is 30.0 Å². The molecule has 0 radical (unpaired) electrons. The summed E-state index contributed by atoms with van der Waals surface area (Å²) in [6, 6.07) is 4.20. The first-order chi connectivity index (χ1) is 11.8. The van der Waals surface area contributed by atoms with Crippen LogP contribution in [-0.2, 0) is 5.75 Å². The van der Waals surface area contributed by atoms with Gasteiger partial charge in [-0.3, -0.25) is 0 Å². The topological polar surface area (TPSA) is 37.2 Å². The van der Waals surface area contributed by atoms with Crippen molar-refractivity contribution >= 4 is 28.5 Å². The highest BCUT2D eigenvalue weighted by Gasteiger charge is 2.31. The van der Waals surface area contributed by atoms with Crippen molar-refractivity contribution in [1.82, 2.24) is 4.90 Å². The largest absolute Gasteiger partial charge is 0.573 e. The summed E-state index contributed by atoms with van der Waals surface area (Å²) in [5.74, 6) is 1.21. The van der Waals surface area contributed by atoms with E-state index in [1.54, 1.807) is 0 Å². The minimum absolute atomic E-state index is 0.220. The first kappa shape index (κ1) is 19.6. The van der Waals surface area contributed by atoms with Crippen molar-refractivity contribution in [2.24, 2.45) is 9.98 Å². The van der Waals surface area contributed by atoms with Crippen LogP contribution in [-0.4, -0.2) is 35.4 Å². The van der Waals surface area contributed by atoms with Crippen LogP contribution >= 0.6 is 11.8 Å². The number of fused-ring (bicyclic) bond motifs is 1. The fourth-order valence-electron chi connectivity index (χ4n) is 2.50. The normalized spacial score (nSPS) is 14.8. The molecule has 0 bridgehead atoms. The summed E-state index contributed by atoms with van der Waals surface area (Å²) in [4.78, 5) is 11.3. The van der Waals surface area contributed by atoms with Crippen molar-refractivity contribution in [2.45, 2.75) is 45.7 Å². The third-order valence-electron chi connectivity index (χ3n) is 3.56. The average molecular weight is 373 g/mol. The fourth-order valence-corrected chi connectivity index (χ4v) is 3.38. The molecule has 138 valence electrons. The molecule has 0 N–H and O–H groups in total. The Morgan fingerprint density at radius 3 is 2.56 bits per heavy atom. The predicted octanol–water partition coefficient (Wildman–Crippen LogP) is 5.36. The average Bonchev–Trinajstić information content (AvgIpc) is 2.53. The van der Waals surface area contributed by atoms with Crippen LogP contribution in [0.25, 0.3) is 0 Å². The number of alkyl halides is 3. The van der Waals surface area contributed by atoms with Crippen LogP contribution < -0.4 is 4.74 Å². The third kappa shape index (κ3) is 5.95. The zero-order valence-corrected chi connectivity index (χ0v) is 15.4. The number of hydrogen-bond donors (Lipinski definition) is 0. The maximum Gasteiger partial charge on any atom is 0.573 e. The standard InChI is InChI=1S/C17H22F3N3OS/c1-4-8-23(9-5-2)12(3)21-16-22-15-7-6-14(24-17(18,19)20)10-13(15)11-25-16/h6-7,10H,4-5,8-9,11H2,1-3H3. The molecule has 0 spiro atoms. The van der Waals surface area contributed by atoms with Gasteiger partial charge in [0, 0.05) is 18.8 Å². The number of thioether (sulfide) groups is 1. The van der Waals surface area contributed by atoms with Crippen LogP contribution in [0.15, 0.2) is 28.2 Å². The van der Waals surface area contributed by atoms with Gasteiger partial charge in [0.2, 0.25) is 0 Å². The van der Waals surface area contributed by atoms with Crippen LogP contribution in [0.1, 0.15) is 39.2 Å². The smallest absolute Gasteiger partial charge is 0.406 e. The number of ether oxygens (including phenoxy) is 1. The second kappa shape index (κ2) is 8.60. The molecule has 1 aliphatic rings. The molecule has 0 fully saturated rings. The van der Waals surface area contributed by atoms with Crippen LogP contribution in [0.4, 0.5) is 18.9 Å². The summed E-state index contributed by atoms with van der Waals surface area (Å²) in [7, 11) is 0. The van der Waals surface area contributed by atoms with Gasteiger partial charge in [-0.15, -0.1) is 13.2 Å². The summed E-state index contributed by atoms with van der Waals surface area (Å²) in [6.07, 6.45) is -2.61. The van der Waals surface area contributed by atoms with E-state index in [0.29, 0.717) is 22.2 Å². The van der Waals surface area contributed by atoms with Crippen molar-refractivity contribution in [3.63, 3.8) is 0 Å². The zero-order valence-electron chi connectivity index (χ0n) is 14.6. The van der Waals surface area contributed by atoms with Gasteiger partial charge in [0.25, 0.3) is 0 Å². The van der Waals surface area contributed by atoms with Gasteiger partial charge < -0.3 is 9.64 Å². The van der Waals surface area contributed by atoms with Gasteiger partial charge in [-0.25, -0.2) is 9.98 Å². The molecular weight excluding hydrogens is 351 g/mol. The van der Waals surface area contributed by atoms with Gasteiger partial charge in [0.1, 0.15) is 11.6 Å². The second-order valence-corrected chi connectivity index (χ2v) is 6.61. The number of hydrogen-bond acceptors (Lipinski definition) is 4. The molecule has 0 aromatic heterocycles. The monoisotopic (exact) mass is 373 g/mol. The SMILES string of the molecule is CCCN(CCC)C(C)=NC1=Nc2ccc(OC(F)(F)F)cc2CS1. The number of rotatable bonds is 5. The van der Waals surface area contributed by atoms with Crippen molar-refractivity contribution in [1.29, 1.82) is 0 Å². The highest BCUT2D eigenvalue weighted by Crippen LogP contribution is 2.35. The highest BCUT2D eigenvalue weighted by atomic mass is 32.2. The summed E-state index contributed by atoms with van der Waals surface area (Å²) in [5, 5.41) is 0.631. The van der Waals surface area contributed by atoms with Crippen LogP contribution in [0, 0.1) is 0 Å². The predicted molar refractivity (Wildman–Crippen MR) is 96.8 cm³/mol. The van der Waals surface area contributed by atoms with Gasteiger partial charge in [-0.2, -0.15) is 0 Å². The van der Waals surface area contributed by atoms with Gasteiger partial charge in [0.15, 0.2) is 5.17 Å². The lowest BCUT2D eigenvalue weighted by molar-refractivity contribution is -0.274. The van der Waals surface area contributed by atoms with Gasteiger partial charge >= 0.3 is 6.36 Å². The van der Waals surface area contributed by atoms with E-state index in [1.807, 2.05) is 6.92 Å². The summed E-state index contributed by atoms with van der Waals surface area (Å²) in [5.41, 5.74) is 1.35. The minimum atomic E-state index is -4.69. The lowest BCUT2D eigenvalue weighted by Crippen LogP contribution is -2.31. The van der Waals surface area contributed by atoms with E-state index < -0.39 is 6.36 Å². The molecule has 4 nitrogen and oxygen atoms in total. The molecule has 1 heterocycles. The summed E-state index contributed by atoms with van der Waals surface area (Å²) >= 11 is 1.41. The Balaban J connectivity index is 2.17. The molecule has 1 aromatic carbocycles. The van der Waals surface area contributed by atoms with Crippen LogP contribution in [0.3, 0.4) is 0 Å². The Morgan fingerprint density at radius 2 is 1.96 bits per heavy atom. The highest BCUT2D eigenvalue weighted by molar-refractivity contribution is 8.13. The number of halogens is 3. The van der Waals surface area contributed by atoms with Crippen molar-refractivity contribution in [3.8, 4) is 5.75 Å². The number of aliphatic imine (C=N–C) groups is 2. The first-order valence-corrected chi connectivity index (χ1v) is 9.21. The molecule has 0 atom stereocenters. The van der Waals surface area contributed by atoms with E-state index in [9.17, 15) is 13.2 Å². The Labute approximate surface area is 150 Å². The molecule has 0 saturated heterocycles. The molecule has 25 heavy (non-hydrogen) atoms. The molecule has 8 heteroatoms. The Kier molecular flexibility index (Phi) is 6.75. The molecule has 2 rings (SSSR count). The summed E-state index contributed by atoms with van der Waals surface area (Å²) < 4.78 is 40.9. The Bertz CT molecular complexity index is 653. The van der Waals surface area contributed by atoms with Crippen molar-refractivity contribution < 1.29 is 17.9 Å². The third-order valence-corrected chi connectivity index (χ3v) is 4.46. The molecular formula is C17H22F3N3OS. The van der Waals surface area contributed by atoms with E-state index in [0.717, 1.165) is 31.8 Å². The van der Waals surface area contributed by atoms with Crippen molar-refractivity contribution in [2.75, 3.05) is 13.1 Å². The summed E-state index contributed by atoms with van der Waals surface area (Å²) in [6.45, 7) is 8.09. The van der Waals surface area contributed by atoms with E-state index in [-0.39, 0.29) is 5.75 Å². The van der Waals surface area contributed by atoms with Gasteiger partial charge in [-0.1, -0.05) is 25.6 Å². The molecule has 1 aliphatic heterocycles. The molecule has 0 unspecified atom stereocenters. The zero-order chi connectivity index (χ0) is 18.4. The van der Waals surface area contributed by atoms with Gasteiger partial charge in [-0.05, 0) is 43.5 Å². The maximum absolute atomic E-state index is 12.3. The Hall–Kier alpha value is -1.70. The minimum Gasteiger partial charge on any atom is -0.406 e. The number of nitrogens with zero attached hydrogens (tertiary/aromatic N) is 3. The Morgan fingerprint density at radius 1 is 1.28 bits per heavy atom. The maximum atomic E-state index is 12.3. The lowest BCUT2D eigenvalue weighted by atomic mass is 10.2. The second-order valence-electron chi connectivity index (χ2n) is 5.67.